The van der Waals surface area contributed by atoms with E-state index in [1.807, 2.05) is 6.92 Å². The zero-order valence-corrected chi connectivity index (χ0v) is 11.7. The summed E-state index contributed by atoms with van der Waals surface area (Å²) in [6.45, 7) is 1.81. The molecule has 0 heterocycles. The molecular weight excluding hydrogens is 307 g/mol. The number of nitrogens with one attached hydrogen (secondary N) is 1. The van der Waals surface area contributed by atoms with Gasteiger partial charge in [-0.15, -0.1) is 0 Å². The number of hydrogen-bond donors (Lipinski definition) is 3. The van der Waals surface area contributed by atoms with Gasteiger partial charge in [-0.2, -0.15) is 0 Å². The Morgan fingerprint density at radius 2 is 2.29 bits per heavy atom. The van der Waals surface area contributed by atoms with Crippen LogP contribution >= 0.6 is 27.5 Å². The van der Waals surface area contributed by atoms with E-state index in [0.29, 0.717) is 21.5 Å². The average Bonchev–Trinajstić information content (AvgIpc) is 2.30. The summed E-state index contributed by atoms with van der Waals surface area (Å²) < 4.78 is 0.500. The van der Waals surface area contributed by atoms with E-state index >= 15 is 0 Å². The zero-order valence-electron chi connectivity index (χ0n) is 9.34. The Bertz CT molecular complexity index is 426. The third kappa shape index (κ3) is 3.59. The van der Waals surface area contributed by atoms with Crippen LogP contribution < -0.4 is 11.1 Å². The van der Waals surface area contributed by atoms with Gasteiger partial charge in [-0.05, 0) is 34.5 Å². The Morgan fingerprint density at radius 3 is 2.82 bits per heavy atom. The molecule has 0 fully saturated rings. The summed E-state index contributed by atoms with van der Waals surface area (Å²) in [5.74, 6) is -0.189. The van der Waals surface area contributed by atoms with Gasteiger partial charge in [0.25, 0.3) is 0 Å². The molecule has 1 aromatic rings. The lowest BCUT2D eigenvalue weighted by Crippen LogP contribution is -2.33. The van der Waals surface area contributed by atoms with E-state index in [2.05, 4.69) is 21.2 Å². The summed E-state index contributed by atoms with van der Waals surface area (Å²) in [7, 11) is 0. The van der Waals surface area contributed by atoms with Crippen LogP contribution in [0.25, 0.3) is 0 Å². The van der Waals surface area contributed by atoms with Gasteiger partial charge in [0.15, 0.2) is 0 Å². The van der Waals surface area contributed by atoms with Crippen molar-refractivity contribution in [1.29, 1.82) is 0 Å². The van der Waals surface area contributed by atoms with E-state index in [0.717, 1.165) is 0 Å². The molecule has 1 aromatic carbocycles. The fourth-order valence-corrected chi connectivity index (χ4v) is 2.34. The smallest absolute Gasteiger partial charge is 0.234 e. The molecule has 17 heavy (non-hydrogen) atoms. The molecule has 0 aliphatic carbocycles. The van der Waals surface area contributed by atoms with Crippen molar-refractivity contribution in [2.75, 3.05) is 6.54 Å². The predicted molar refractivity (Wildman–Crippen MR) is 71.0 cm³/mol. The summed E-state index contributed by atoms with van der Waals surface area (Å²) in [4.78, 5) is 11.3. The molecule has 94 valence electrons. The summed E-state index contributed by atoms with van der Waals surface area (Å²) in [6, 6.07) is 2.92. The van der Waals surface area contributed by atoms with Crippen molar-refractivity contribution >= 4 is 33.4 Å². The number of nitrogens with two attached hydrogens (primary N) is 1. The van der Waals surface area contributed by atoms with Crippen molar-refractivity contribution < 1.29 is 9.90 Å². The topological polar surface area (TPSA) is 75.4 Å². The highest BCUT2D eigenvalue weighted by atomic mass is 79.9. The molecular formula is C11H14BrClN2O2. The highest BCUT2D eigenvalue weighted by Gasteiger charge is 2.18. The molecule has 1 atom stereocenters. The Hall–Kier alpha value is -0.780. The molecule has 0 aromatic heterocycles. The number of phenolic OH excluding ortho intramolecular Hbond substituents is 1. The number of carbonyl (C=O) groups excluding carboxylic acids is 1. The minimum Gasteiger partial charge on any atom is -0.506 e. The number of hydrogen-bond acceptors (Lipinski definition) is 3. The lowest BCUT2D eigenvalue weighted by molar-refractivity contribution is -0.120. The van der Waals surface area contributed by atoms with Gasteiger partial charge in [0.1, 0.15) is 5.75 Å². The van der Waals surface area contributed by atoms with Crippen molar-refractivity contribution in [3.63, 3.8) is 0 Å². The van der Waals surface area contributed by atoms with Gasteiger partial charge in [0.2, 0.25) is 5.91 Å². The molecule has 6 heteroatoms. The highest BCUT2D eigenvalue weighted by Crippen LogP contribution is 2.36. The number of benzene rings is 1. The number of rotatable bonds is 4. The van der Waals surface area contributed by atoms with E-state index in [4.69, 9.17) is 17.3 Å². The Kier molecular flexibility index (Phi) is 5.24. The van der Waals surface area contributed by atoms with Crippen LogP contribution in [0.15, 0.2) is 16.6 Å². The number of amides is 1. The van der Waals surface area contributed by atoms with Crippen molar-refractivity contribution in [1.82, 2.24) is 5.32 Å². The number of aromatic hydroxyl groups is 1. The summed E-state index contributed by atoms with van der Waals surface area (Å²) in [6.07, 6.45) is 0.631. The summed E-state index contributed by atoms with van der Waals surface area (Å²) in [5.41, 5.74) is 5.82. The number of phenols is 1. The lowest BCUT2D eigenvalue weighted by Gasteiger charge is -2.19. The van der Waals surface area contributed by atoms with Crippen LogP contribution in [-0.4, -0.2) is 17.6 Å². The van der Waals surface area contributed by atoms with Gasteiger partial charge in [0, 0.05) is 10.6 Å². The third-order valence-corrected chi connectivity index (χ3v) is 3.18. The molecule has 0 saturated heterocycles. The third-order valence-electron chi connectivity index (χ3n) is 2.36. The molecule has 0 aliphatic rings. The zero-order chi connectivity index (χ0) is 13.0. The fourth-order valence-electron chi connectivity index (χ4n) is 1.50. The van der Waals surface area contributed by atoms with Gasteiger partial charge in [-0.3, -0.25) is 4.79 Å². The van der Waals surface area contributed by atoms with Gasteiger partial charge >= 0.3 is 0 Å². The van der Waals surface area contributed by atoms with Gasteiger partial charge in [-0.1, -0.05) is 18.5 Å². The fraction of sp³-hybridized carbons (Fsp3) is 0.364. The highest BCUT2D eigenvalue weighted by molar-refractivity contribution is 9.10. The molecule has 0 aliphatic heterocycles. The quantitative estimate of drug-likeness (QED) is 0.796. The van der Waals surface area contributed by atoms with E-state index in [1.165, 1.54) is 0 Å². The van der Waals surface area contributed by atoms with Crippen LogP contribution in [-0.2, 0) is 4.79 Å². The van der Waals surface area contributed by atoms with Crippen LogP contribution in [0.5, 0.6) is 5.75 Å². The van der Waals surface area contributed by atoms with E-state index in [1.54, 1.807) is 12.1 Å². The molecule has 0 saturated carbocycles. The number of carbonyl (C=O) groups is 1. The molecule has 1 rings (SSSR count). The van der Waals surface area contributed by atoms with Crippen LogP contribution in [0.1, 0.15) is 24.9 Å². The van der Waals surface area contributed by atoms with Crippen LogP contribution in [0, 0.1) is 0 Å². The minimum atomic E-state index is -0.305. The van der Waals surface area contributed by atoms with Crippen molar-refractivity contribution in [3.8, 4) is 5.75 Å². The number of halogens is 2. The molecule has 0 spiro atoms. The monoisotopic (exact) mass is 320 g/mol. The molecule has 4 nitrogen and oxygen atoms in total. The van der Waals surface area contributed by atoms with Crippen LogP contribution in [0.4, 0.5) is 0 Å². The van der Waals surface area contributed by atoms with Gasteiger partial charge in [-0.25, -0.2) is 0 Å². The van der Waals surface area contributed by atoms with Gasteiger partial charge < -0.3 is 16.2 Å². The first-order valence-corrected chi connectivity index (χ1v) is 6.34. The van der Waals surface area contributed by atoms with Crippen LogP contribution in [0.3, 0.4) is 0 Å². The molecule has 1 amide bonds. The maximum atomic E-state index is 11.3. The maximum Gasteiger partial charge on any atom is 0.234 e. The van der Waals surface area contributed by atoms with Crippen LogP contribution in [0.2, 0.25) is 5.02 Å². The largest absolute Gasteiger partial charge is 0.506 e. The van der Waals surface area contributed by atoms with Gasteiger partial charge in [0.05, 0.1) is 17.1 Å². The van der Waals surface area contributed by atoms with E-state index < -0.39 is 0 Å². The van der Waals surface area contributed by atoms with E-state index in [-0.39, 0.29) is 24.2 Å². The Balaban J connectivity index is 3.07. The molecule has 0 radical (unpaired) electrons. The Labute approximate surface area is 113 Å². The average molecular weight is 322 g/mol. The normalized spacial score (nSPS) is 12.2. The first-order valence-electron chi connectivity index (χ1n) is 5.16. The van der Waals surface area contributed by atoms with Crippen molar-refractivity contribution in [2.24, 2.45) is 5.73 Å². The first kappa shape index (κ1) is 14.3. The predicted octanol–water partition coefficient (Wildman–Crippen LogP) is 2.33. The van der Waals surface area contributed by atoms with E-state index in [9.17, 15) is 9.90 Å². The minimum absolute atomic E-state index is 0.0820. The molecule has 0 unspecified atom stereocenters. The standard InChI is InChI=1S/C11H14BrClN2O2/c1-2-9(15-10(16)5-14)7-3-6(13)4-8(12)11(7)17/h3-4,9,17H,2,5,14H2,1H3,(H,15,16)/t9-/m0/s1. The first-order chi connectivity index (χ1) is 7.99. The second-order valence-corrected chi connectivity index (χ2v) is 4.85. The van der Waals surface area contributed by atoms with Crippen molar-refractivity contribution in [3.05, 3.63) is 27.2 Å². The summed E-state index contributed by atoms with van der Waals surface area (Å²) in [5, 5.41) is 13.1. The molecule has 4 N–H and O–H groups in total. The summed E-state index contributed by atoms with van der Waals surface area (Å²) >= 11 is 9.12. The lowest BCUT2D eigenvalue weighted by atomic mass is 10.0. The molecule has 0 bridgehead atoms. The maximum absolute atomic E-state index is 11.3. The second kappa shape index (κ2) is 6.23. The SMILES string of the molecule is CC[C@H](NC(=O)CN)c1cc(Cl)cc(Br)c1O. The van der Waals surface area contributed by atoms with Crippen molar-refractivity contribution in [2.45, 2.75) is 19.4 Å². The second-order valence-electron chi connectivity index (χ2n) is 3.56. The Morgan fingerprint density at radius 1 is 1.65 bits per heavy atom.